The van der Waals surface area contributed by atoms with Gasteiger partial charge in [-0.1, -0.05) is 23.2 Å². The fourth-order valence-electron chi connectivity index (χ4n) is 7.03. The molecule has 2 aromatic carbocycles. The molecule has 0 aliphatic carbocycles. The number of hydrogen-bond donors (Lipinski definition) is 0. The standard InChI is InChI=1S/C20H22ClN5O4S.C19H19ClIN5O2/c1-30-17-11-14(3-4-16(17)21)24-7-9-25(10-8-24)19(27)13-26-20-15(12-23-26)18(5-6-22-20)31(2,28)29;1-28-17-10-13(2-3-15(17)20)24-6-8-25(9-7-24)18(27)12-26-19-14(11-23-26)16(21)4-5-22-19/h3-6,11-12H,7-10,13H2,1-2H3;2-5,10-11H,6-9,12H2,1H3. The number of carbonyl (C=O) groups excluding carboxylic acids is 2. The molecule has 310 valence electrons. The van der Waals surface area contributed by atoms with Crippen LogP contribution in [0.1, 0.15) is 0 Å². The van der Waals surface area contributed by atoms with Crippen molar-refractivity contribution in [3.8, 4) is 11.5 Å². The highest BCUT2D eigenvalue weighted by Gasteiger charge is 2.25. The third-order valence-electron chi connectivity index (χ3n) is 10.2. The van der Waals surface area contributed by atoms with Crippen molar-refractivity contribution in [3.05, 3.63) is 86.9 Å². The third-order valence-corrected chi connectivity index (χ3v) is 12.9. The van der Waals surface area contributed by atoms with Crippen molar-refractivity contribution in [3.63, 3.8) is 0 Å². The number of carbonyl (C=O) groups is 2. The molecule has 6 aromatic rings. The number of sulfone groups is 1. The zero-order chi connectivity index (χ0) is 41.8. The molecule has 2 aliphatic rings. The Bertz CT molecular complexity index is 2610. The molecular formula is C39H41Cl2IN10O6S. The molecular weight excluding hydrogens is 934 g/mol. The van der Waals surface area contributed by atoms with Crippen LogP contribution in [0.15, 0.2) is 78.2 Å². The molecule has 0 N–H and O–H groups in total. The van der Waals surface area contributed by atoms with Crippen molar-refractivity contribution < 1.29 is 27.5 Å². The van der Waals surface area contributed by atoms with Crippen molar-refractivity contribution in [1.82, 2.24) is 39.3 Å². The van der Waals surface area contributed by atoms with Gasteiger partial charge in [-0.2, -0.15) is 10.2 Å². The first-order valence-electron chi connectivity index (χ1n) is 18.5. The van der Waals surface area contributed by atoms with Crippen LogP contribution in [0.5, 0.6) is 11.5 Å². The molecule has 2 amide bonds. The lowest BCUT2D eigenvalue weighted by Crippen LogP contribution is -2.49. The van der Waals surface area contributed by atoms with Crippen molar-refractivity contribution in [2.24, 2.45) is 0 Å². The number of halogens is 3. The Balaban J connectivity index is 0.000000180. The van der Waals surface area contributed by atoms with Gasteiger partial charge in [-0.15, -0.1) is 0 Å². The second-order valence-electron chi connectivity index (χ2n) is 13.8. The zero-order valence-electron chi connectivity index (χ0n) is 32.5. The van der Waals surface area contributed by atoms with Gasteiger partial charge in [0.1, 0.15) is 24.6 Å². The molecule has 6 heterocycles. The smallest absolute Gasteiger partial charge is 0.244 e. The second kappa shape index (κ2) is 18.1. The molecule has 4 aromatic heterocycles. The molecule has 0 bridgehead atoms. The van der Waals surface area contributed by atoms with Crippen LogP contribution in [0.25, 0.3) is 22.1 Å². The SMILES string of the molecule is COc1cc(N2CCN(C(=O)Cn3ncc4c(I)ccnc43)CC2)ccc1Cl.COc1cc(N2CCN(C(=O)Cn3ncc4c(S(C)(=O)=O)ccnc43)CC2)ccc1Cl. The fraction of sp³-hybridized carbons (Fsp3) is 0.333. The molecule has 0 spiro atoms. The Morgan fingerprint density at radius 2 is 1.12 bits per heavy atom. The van der Waals surface area contributed by atoms with Gasteiger partial charge in [0, 0.05) is 98.1 Å². The number of amides is 2. The zero-order valence-corrected chi connectivity index (χ0v) is 36.9. The summed E-state index contributed by atoms with van der Waals surface area (Å²) in [5, 5.41) is 11.1. The van der Waals surface area contributed by atoms with E-state index < -0.39 is 9.84 Å². The number of fused-ring (bicyclic) bond motifs is 2. The number of hydrogen-bond acceptors (Lipinski definition) is 12. The van der Waals surface area contributed by atoms with E-state index in [1.165, 1.54) is 23.1 Å². The first-order valence-corrected chi connectivity index (χ1v) is 22.3. The molecule has 0 unspecified atom stereocenters. The normalized spacial score (nSPS) is 14.7. The number of aromatic nitrogens is 6. The topological polar surface area (TPSA) is 161 Å². The van der Waals surface area contributed by atoms with Gasteiger partial charge in [0.15, 0.2) is 21.1 Å². The van der Waals surface area contributed by atoms with E-state index in [-0.39, 0.29) is 29.8 Å². The van der Waals surface area contributed by atoms with Gasteiger partial charge in [-0.3, -0.25) is 9.59 Å². The summed E-state index contributed by atoms with van der Waals surface area (Å²) in [7, 11) is -0.231. The third kappa shape index (κ3) is 9.45. The summed E-state index contributed by atoms with van der Waals surface area (Å²) in [6, 6.07) is 14.7. The Morgan fingerprint density at radius 3 is 1.58 bits per heavy atom. The lowest BCUT2D eigenvalue weighted by molar-refractivity contribution is -0.133. The molecule has 20 heteroatoms. The minimum atomic E-state index is -3.42. The molecule has 0 radical (unpaired) electrons. The summed E-state index contributed by atoms with van der Waals surface area (Å²) in [6.45, 7) is 5.50. The van der Waals surface area contributed by atoms with E-state index >= 15 is 0 Å². The quantitative estimate of drug-likeness (QED) is 0.181. The van der Waals surface area contributed by atoms with E-state index in [4.69, 9.17) is 32.7 Å². The Hall–Kier alpha value is -4.92. The predicted octanol–water partition coefficient (Wildman–Crippen LogP) is 4.89. The van der Waals surface area contributed by atoms with Crippen molar-refractivity contribution >= 4 is 101 Å². The fourth-order valence-corrected chi connectivity index (χ4v) is 8.81. The number of benzene rings is 2. The molecule has 0 atom stereocenters. The summed E-state index contributed by atoms with van der Waals surface area (Å²) in [5.41, 5.74) is 3.16. The van der Waals surface area contributed by atoms with E-state index in [1.807, 2.05) is 41.3 Å². The van der Waals surface area contributed by atoms with Gasteiger partial charge >= 0.3 is 0 Å². The molecule has 2 aliphatic heterocycles. The molecule has 2 fully saturated rings. The van der Waals surface area contributed by atoms with E-state index in [2.05, 4.69) is 52.6 Å². The van der Waals surface area contributed by atoms with Crippen LogP contribution in [0, 0.1) is 3.57 Å². The first kappa shape index (κ1) is 42.2. The van der Waals surface area contributed by atoms with Crippen molar-refractivity contribution in [1.29, 1.82) is 0 Å². The average Bonchev–Trinajstić information content (AvgIpc) is 3.85. The maximum absolute atomic E-state index is 12.8. The first-order chi connectivity index (χ1) is 28.3. The van der Waals surface area contributed by atoms with Gasteiger partial charge in [0.2, 0.25) is 11.8 Å². The van der Waals surface area contributed by atoms with Crippen LogP contribution in [0.2, 0.25) is 10.0 Å². The number of anilines is 2. The van der Waals surface area contributed by atoms with E-state index in [1.54, 1.807) is 42.3 Å². The van der Waals surface area contributed by atoms with Gasteiger partial charge < -0.3 is 29.1 Å². The highest BCUT2D eigenvalue weighted by molar-refractivity contribution is 14.1. The van der Waals surface area contributed by atoms with Gasteiger partial charge in [0.05, 0.1) is 52.3 Å². The summed E-state index contributed by atoms with van der Waals surface area (Å²) in [5.74, 6) is 1.23. The Morgan fingerprint density at radius 1 is 0.678 bits per heavy atom. The minimum Gasteiger partial charge on any atom is -0.495 e. The van der Waals surface area contributed by atoms with Gasteiger partial charge in [0.25, 0.3) is 0 Å². The number of nitrogens with zero attached hydrogens (tertiary/aromatic N) is 10. The second-order valence-corrected chi connectivity index (χ2v) is 17.8. The summed E-state index contributed by atoms with van der Waals surface area (Å²) in [6.07, 6.45) is 7.51. The van der Waals surface area contributed by atoms with E-state index in [0.717, 1.165) is 45.3 Å². The van der Waals surface area contributed by atoms with Gasteiger partial charge in [-0.05, 0) is 59.0 Å². The maximum atomic E-state index is 12.8. The molecule has 0 saturated carbocycles. The number of methoxy groups -OCH3 is 2. The highest BCUT2D eigenvalue weighted by Crippen LogP contribution is 2.31. The largest absolute Gasteiger partial charge is 0.495 e. The summed E-state index contributed by atoms with van der Waals surface area (Å²) >= 11 is 14.5. The van der Waals surface area contributed by atoms with Crippen LogP contribution in [-0.4, -0.2) is 132 Å². The van der Waals surface area contributed by atoms with Crippen LogP contribution in [0.4, 0.5) is 11.4 Å². The average molecular weight is 976 g/mol. The number of ether oxygens (including phenoxy) is 2. The minimum absolute atomic E-state index is 0.00150. The Kier molecular flexibility index (Phi) is 13.0. The van der Waals surface area contributed by atoms with Crippen LogP contribution in [0.3, 0.4) is 0 Å². The highest BCUT2D eigenvalue weighted by atomic mass is 127. The predicted molar refractivity (Wildman–Crippen MR) is 234 cm³/mol. The monoisotopic (exact) mass is 974 g/mol. The Labute approximate surface area is 364 Å². The summed E-state index contributed by atoms with van der Waals surface area (Å²) < 4.78 is 38.7. The van der Waals surface area contributed by atoms with Crippen molar-refractivity contribution in [2.45, 2.75) is 18.0 Å². The van der Waals surface area contributed by atoms with Gasteiger partial charge in [-0.25, -0.2) is 27.7 Å². The van der Waals surface area contributed by atoms with Crippen LogP contribution in [-0.2, 0) is 32.5 Å². The van der Waals surface area contributed by atoms with Crippen LogP contribution >= 0.6 is 45.8 Å². The molecule has 2 saturated heterocycles. The lowest BCUT2D eigenvalue weighted by Gasteiger charge is -2.36. The van der Waals surface area contributed by atoms with E-state index in [9.17, 15) is 18.0 Å². The van der Waals surface area contributed by atoms with Crippen LogP contribution < -0.4 is 19.3 Å². The number of rotatable bonds is 9. The maximum Gasteiger partial charge on any atom is 0.244 e. The molecule has 8 rings (SSSR count). The lowest BCUT2D eigenvalue weighted by atomic mass is 10.2. The number of piperazine rings is 2. The summed E-state index contributed by atoms with van der Waals surface area (Å²) in [4.78, 5) is 42.4. The van der Waals surface area contributed by atoms with Crippen molar-refractivity contribution in [2.75, 3.05) is 82.6 Å². The molecule has 59 heavy (non-hydrogen) atoms. The number of pyridine rings is 2. The molecule has 16 nitrogen and oxygen atoms in total. The van der Waals surface area contributed by atoms with E-state index in [0.29, 0.717) is 71.8 Å².